The van der Waals surface area contributed by atoms with Gasteiger partial charge in [0.2, 0.25) is 5.71 Å². The highest BCUT2D eigenvalue weighted by molar-refractivity contribution is 5.75. The minimum Gasteiger partial charge on any atom is -0.456 e. The van der Waals surface area contributed by atoms with Crippen LogP contribution in [-0.2, 0) is 13.0 Å². The quantitative estimate of drug-likeness (QED) is 0.773. The molecule has 0 saturated carbocycles. The molecule has 0 bridgehead atoms. The lowest BCUT2D eigenvalue weighted by molar-refractivity contribution is 0.248. The number of fused-ring (bicyclic) bond motifs is 1. The second-order valence-electron chi connectivity index (χ2n) is 4.65. The van der Waals surface area contributed by atoms with Crippen LogP contribution in [0, 0.1) is 6.92 Å². The van der Waals surface area contributed by atoms with Gasteiger partial charge in [-0.15, -0.1) is 0 Å². The van der Waals surface area contributed by atoms with Crippen LogP contribution in [0.15, 0.2) is 30.9 Å². The molecule has 0 aliphatic heterocycles. The summed E-state index contributed by atoms with van der Waals surface area (Å²) in [4.78, 5) is 34.1. The number of H-pyrrole nitrogens is 1. The Morgan fingerprint density at radius 2 is 2.18 bits per heavy atom. The fourth-order valence-corrected chi connectivity index (χ4v) is 2.07. The summed E-state index contributed by atoms with van der Waals surface area (Å²) in [5.74, 6) is 0.520. The van der Waals surface area contributed by atoms with Crippen LogP contribution in [0.2, 0.25) is 0 Å². The number of aromatic nitrogens is 3. The van der Waals surface area contributed by atoms with Crippen molar-refractivity contribution < 1.29 is 13.6 Å². The Morgan fingerprint density at radius 1 is 1.36 bits per heavy atom. The lowest BCUT2D eigenvalue weighted by Gasteiger charge is -2.05. The van der Waals surface area contributed by atoms with Crippen molar-refractivity contribution in [3.8, 4) is 6.01 Å². The van der Waals surface area contributed by atoms with Gasteiger partial charge in [-0.2, -0.15) is 4.98 Å². The van der Waals surface area contributed by atoms with E-state index >= 15 is 0 Å². The van der Waals surface area contributed by atoms with Gasteiger partial charge in [0, 0.05) is 6.07 Å². The standard InChI is InChI=1S/C14H13N3O5/c1-3-8-4-10(18)22-13-11(8)12(19)16-14(17-13)20-5-9-7(2)15-6-21-9/h4,6H,3,5H2,1-2H3,(H,16,17,19). The lowest BCUT2D eigenvalue weighted by atomic mass is 10.1. The van der Waals surface area contributed by atoms with E-state index in [0.717, 1.165) is 0 Å². The average Bonchev–Trinajstić information content (AvgIpc) is 2.89. The van der Waals surface area contributed by atoms with Crippen LogP contribution in [0.3, 0.4) is 0 Å². The molecule has 0 aliphatic rings. The zero-order valence-corrected chi connectivity index (χ0v) is 12.0. The summed E-state index contributed by atoms with van der Waals surface area (Å²) in [6, 6.07) is 1.24. The molecule has 0 atom stereocenters. The van der Waals surface area contributed by atoms with Crippen LogP contribution in [0.1, 0.15) is 23.9 Å². The van der Waals surface area contributed by atoms with Gasteiger partial charge < -0.3 is 13.6 Å². The Hall–Kier alpha value is -2.90. The van der Waals surface area contributed by atoms with E-state index in [-0.39, 0.29) is 23.7 Å². The smallest absolute Gasteiger partial charge is 0.337 e. The summed E-state index contributed by atoms with van der Waals surface area (Å²) in [7, 11) is 0. The molecule has 0 spiro atoms. The van der Waals surface area contributed by atoms with Gasteiger partial charge in [-0.05, 0) is 18.9 Å². The minimum absolute atomic E-state index is 0.0441. The van der Waals surface area contributed by atoms with Crippen molar-refractivity contribution in [1.82, 2.24) is 15.0 Å². The topological polar surface area (TPSA) is 111 Å². The molecular formula is C14H13N3O5. The molecule has 3 heterocycles. The summed E-state index contributed by atoms with van der Waals surface area (Å²) in [6.45, 7) is 3.66. The zero-order chi connectivity index (χ0) is 15.7. The third-order valence-corrected chi connectivity index (χ3v) is 3.24. The summed E-state index contributed by atoms with van der Waals surface area (Å²) < 4.78 is 15.5. The van der Waals surface area contributed by atoms with E-state index in [4.69, 9.17) is 13.6 Å². The number of oxazole rings is 1. The highest BCUT2D eigenvalue weighted by atomic mass is 16.5. The number of hydrogen-bond acceptors (Lipinski definition) is 7. The van der Waals surface area contributed by atoms with Crippen LogP contribution in [0.25, 0.3) is 11.1 Å². The summed E-state index contributed by atoms with van der Waals surface area (Å²) >= 11 is 0. The second-order valence-corrected chi connectivity index (χ2v) is 4.65. The predicted octanol–water partition coefficient (Wildman–Crippen LogP) is 1.31. The molecule has 3 aromatic heterocycles. The second kappa shape index (κ2) is 5.47. The molecule has 114 valence electrons. The van der Waals surface area contributed by atoms with Gasteiger partial charge in [-0.3, -0.25) is 9.78 Å². The van der Waals surface area contributed by atoms with E-state index in [9.17, 15) is 9.59 Å². The van der Waals surface area contributed by atoms with Gasteiger partial charge in [0.15, 0.2) is 18.8 Å². The molecule has 0 unspecified atom stereocenters. The first-order chi connectivity index (χ1) is 10.6. The van der Waals surface area contributed by atoms with E-state index in [2.05, 4.69) is 15.0 Å². The lowest BCUT2D eigenvalue weighted by Crippen LogP contribution is -2.15. The number of aromatic amines is 1. The van der Waals surface area contributed by atoms with Crippen molar-refractivity contribution in [3.05, 3.63) is 50.3 Å². The van der Waals surface area contributed by atoms with E-state index < -0.39 is 11.2 Å². The number of hydrogen-bond donors (Lipinski definition) is 1. The van der Waals surface area contributed by atoms with Gasteiger partial charge in [0.25, 0.3) is 11.6 Å². The molecule has 1 N–H and O–H groups in total. The van der Waals surface area contributed by atoms with Gasteiger partial charge in [-0.1, -0.05) is 6.92 Å². The molecule has 0 saturated heterocycles. The van der Waals surface area contributed by atoms with Gasteiger partial charge >= 0.3 is 5.63 Å². The van der Waals surface area contributed by atoms with Gasteiger partial charge in [0.05, 0.1) is 5.69 Å². The first-order valence-electron chi connectivity index (χ1n) is 6.67. The number of aryl methyl sites for hydroxylation is 2. The highest BCUT2D eigenvalue weighted by Crippen LogP contribution is 2.14. The monoisotopic (exact) mass is 303 g/mol. The summed E-state index contributed by atoms with van der Waals surface area (Å²) in [6.07, 6.45) is 1.82. The van der Waals surface area contributed by atoms with Crippen molar-refractivity contribution in [2.75, 3.05) is 0 Å². The molecule has 0 aromatic carbocycles. The van der Waals surface area contributed by atoms with E-state index in [0.29, 0.717) is 23.4 Å². The normalized spacial score (nSPS) is 11.0. The molecule has 0 radical (unpaired) electrons. The molecule has 3 aromatic rings. The van der Waals surface area contributed by atoms with Crippen LogP contribution in [-0.4, -0.2) is 15.0 Å². The maximum Gasteiger partial charge on any atom is 0.337 e. The largest absolute Gasteiger partial charge is 0.456 e. The maximum absolute atomic E-state index is 12.1. The van der Waals surface area contributed by atoms with Crippen LogP contribution in [0.4, 0.5) is 0 Å². The van der Waals surface area contributed by atoms with E-state index in [1.54, 1.807) is 6.92 Å². The number of ether oxygens (including phenoxy) is 1. The van der Waals surface area contributed by atoms with Crippen LogP contribution < -0.4 is 15.9 Å². The third-order valence-electron chi connectivity index (χ3n) is 3.24. The minimum atomic E-state index is -0.556. The Labute approximate surface area is 123 Å². The summed E-state index contributed by atoms with van der Waals surface area (Å²) in [5.41, 5.74) is 0.243. The fourth-order valence-electron chi connectivity index (χ4n) is 2.07. The Bertz CT molecular complexity index is 938. The average molecular weight is 303 g/mol. The summed E-state index contributed by atoms with van der Waals surface area (Å²) in [5, 5.41) is 0.255. The number of nitrogens with zero attached hydrogens (tertiary/aromatic N) is 2. The fraction of sp³-hybridized carbons (Fsp3) is 0.286. The Kier molecular flexibility index (Phi) is 3.50. The first-order valence-corrected chi connectivity index (χ1v) is 6.67. The highest BCUT2D eigenvalue weighted by Gasteiger charge is 2.13. The maximum atomic E-state index is 12.1. The van der Waals surface area contributed by atoms with Crippen LogP contribution in [0.5, 0.6) is 6.01 Å². The van der Waals surface area contributed by atoms with E-state index in [1.807, 2.05) is 6.92 Å². The van der Waals surface area contributed by atoms with E-state index in [1.165, 1.54) is 12.5 Å². The molecule has 0 fully saturated rings. The van der Waals surface area contributed by atoms with Gasteiger partial charge in [0.1, 0.15) is 5.39 Å². The molecule has 8 nitrogen and oxygen atoms in total. The Morgan fingerprint density at radius 3 is 2.86 bits per heavy atom. The van der Waals surface area contributed by atoms with Crippen molar-refractivity contribution in [2.45, 2.75) is 26.9 Å². The molecule has 0 aliphatic carbocycles. The molecule has 22 heavy (non-hydrogen) atoms. The zero-order valence-electron chi connectivity index (χ0n) is 12.0. The molecular weight excluding hydrogens is 290 g/mol. The van der Waals surface area contributed by atoms with Crippen molar-refractivity contribution in [3.63, 3.8) is 0 Å². The number of rotatable bonds is 4. The molecule has 3 rings (SSSR count). The van der Waals surface area contributed by atoms with Crippen molar-refractivity contribution in [2.24, 2.45) is 0 Å². The molecule has 0 amide bonds. The first kappa shape index (κ1) is 14.1. The van der Waals surface area contributed by atoms with Crippen molar-refractivity contribution >= 4 is 11.1 Å². The predicted molar refractivity (Wildman–Crippen MR) is 75.8 cm³/mol. The Balaban J connectivity index is 2.00. The van der Waals surface area contributed by atoms with Crippen molar-refractivity contribution in [1.29, 1.82) is 0 Å². The molecule has 8 heteroatoms. The van der Waals surface area contributed by atoms with Gasteiger partial charge in [-0.25, -0.2) is 9.78 Å². The number of nitrogens with one attached hydrogen (secondary N) is 1. The van der Waals surface area contributed by atoms with Crippen LogP contribution >= 0.6 is 0 Å². The SMILES string of the molecule is CCc1cc(=O)oc2nc(OCc3ocnc3C)[nH]c(=O)c12. The third kappa shape index (κ3) is 2.50.